The molecule has 0 bridgehead atoms. The summed E-state index contributed by atoms with van der Waals surface area (Å²) in [5.41, 5.74) is 2.47. The smallest absolute Gasteiger partial charge is 0.251 e. The van der Waals surface area contributed by atoms with E-state index in [9.17, 15) is 14.0 Å². The van der Waals surface area contributed by atoms with Gasteiger partial charge in [0, 0.05) is 18.7 Å². The quantitative estimate of drug-likeness (QED) is 0.788. The second-order valence-electron chi connectivity index (χ2n) is 6.77. The molecular formula is C21H24FN3O2. The molecule has 2 aromatic rings. The van der Waals surface area contributed by atoms with Crippen LogP contribution < -0.4 is 10.6 Å². The first-order valence-corrected chi connectivity index (χ1v) is 9.21. The van der Waals surface area contributed by atoms with Crippen molar-refractivity contribution in [2.24, 2.45) is 0 Å². The number of nitrogens with one attached hydrogen (secondary N) is 2. The van der Waals surface area contributed by atoms with Gasteiger partial charge in [-0.25, -0.2) is 4.39 Å². The van der Waals surface area contributed by atoms with Crippen LogP contribution in [0.1, 0.15) is 34.3 Å². The van der Waals surface area contributed by atoms with Crippen LogP contribution in [0.25, 0.3) is 0 Å². The minimum atomic E-state index is -0.486. The van der Waals surface area contributed by atoms with Gasteiger partial charge in [0.05, 0.1) is 6.54 Å². The minimum absolute atomic E-state index is 0.150. The highest BCUT2D eigenvalue weighted by molar-refractivity contribution is 5.96. The van der Waals surface area contributed by atoms with Crippen LogP contribution in [0.2, 0.25) is 0 Å². The lowest BCUT2D eigenvalue weighted by atomic mass is 10.1. The van der Waals surface area contributed by atoms with Crippen LogP contribution in [0.5, 0.6) is 0 Å². The van der Waals surface area contributed by atoms with Crippen molar-refractivity contribution in [3.63, 3.8) is 0 Å². The van der Waals surface area contributed by atoms with Crippen LogP contribution in [0.3, 0.4) is 0 Å². The van der Waals surface area contributed by atoms with Crippen molar-refractivity contribution in [2.45, 2.75) is 25.9 Å². The lowest BCUT2D eigenvalue weighted by Gasteiger charge is -2.14. The van der Waals surface area contributed by atoms with Crippen molar-refractivity contribution < 1.29 is 14.0 Å². The molecule has 6 heteroatoms. The summed E-state index contributed by atoms with van der Waals surface area (Å²) in [5, 5.41) is 5.26. The van der Waals surface area contributed by atoms with E-state index in [1.807, 2.05) is 12.1 Å². The Morgan fingerprint density at radius 1 is 0.963 bits per heavy atom. The maximum Gasteiger partial charge on any atom is 0.251 e. The number of carbonyl (C=O) groups is 2. The van der Waals surface area contributed by atoms with E-state index in [4.69, 9.17) is 0 Å². The van der Waals surface area contributed by atoms with Crippen molar-refractivity contribution in [2.75, 3.05) is 19.6 Å². The van der Waals surface area contributed by atoms with Gasteiger partial charge in [0.2, 0.25) is 5.91 Å². The van der Waals surface area contributed by atoms with Crippen molar-refractivity contribution in [3.05, 3.63) is 71.0 Å². The number of likely N-dealkylation sites (tertiary alicyclic amines) is 1. The molecular weight excluding hydrogens is 345 g/mol. The van der Waals surface area contributed by atoms with Crippen molar-refractivity contribution in [1.29, 1.82) is 0 Å². The number of hydrogen-bond acceptors (Lipinski definition) is 3. The normalized spacial score (nSPS) is 14.1. The van der Waals surface area contributed by atoms with Crippen molar-refractivity contribution in [1.82, 2.24) is 15.5 Å². The molecule has 1 fully saturated rings. The summed E-state index contributed by atoms with van der Waals surface area (Å²) in [5.74, 6) is -1.25. The van der Waals surface area contributed by atoms with E-state index in [0.717, 1.165) is 18.2 Å². The molecule has 0 unspecified atom stereocenters. The van der Waals surface area contributed by atoms with Gasteiger partial charge in [-0.2, -0.15) is 0 Å². The molecule has 142 valence electrons. The monoisotopic (exact) mass is 369 g/mol. The molecule has 0 aliphatic carbocycles. The number of halogens is 1. The van der Waals surface area contributed by atoms with E-state index in [2.05, 4.69) is 27.7 Å². The van der Waals surface area contributed by atoms with E-state index in [1.165, 1.54) is 49.7 Å². The zero-order valence-electron chi connectivity index (χ0n) is 15.2. The summed E-state index contributed by atoms with van der Waals surface area (Å²) in [7, 11) is 0. The van der Waals surface area contributed by atoms with Gasteiger partial charge in [0.25, 0.3) is 5.91 Å². The number of carbonyl (C=O) groups excluding carboxylic acids is 2. The van der Waals surface area contributed by atoms with Crippen molar-refractivity contribution in [3.8, 4) is 0 Å². The number of hydrogen-bond donors (Lipinski definition) is 2. The molecule has 1 heterocycles. The number of rotatable bonds is 7. The summed E-state index contributed by atoms with van der Waals surface area (Å²) >= 11 is 0. The molecule has 3 rings (SSSR count). The Morgan fingerprint density at radius 3 is 2.37 bits per heavy atom. The zero-order chi connectivity index (χ0) is 19.1. The molecule has 0 radical (unpaired) electrons. The second-order valence-corrected chi connectivity index (χ2v) is 6.77. The lowest BCUT2D eigenvalue weighted by Crippen LogP contribution is -2.36. The number of benzene rings is 2. The molecule has 0 saturated carbocycles. The lowest BCUT2D eigenvalue weighted by molar-refractivity contribution is -0.120. The first-order valence-electron chi connectivity index (χ1n) is 9.21. The molecule has 1 saturated heterocycles. The summed E-state index contributed by atoms with van der Waals surface area (Å²) in [6, 6.07) is 13.6. The molecule has 0 spiro atoms. The van der Waals surface area contributed by atoms with E-state index < -0.39 is 11.7 Å². The average molecular weight is 369 g/mol. The van der Waals surface area contributed by atoms with Crippen LogP contribution in [0.15, 0.2) is 48.5 Å². The molecule has 1 aliphatic heterocycles. The molecule has 2 amide bonds. The maximum atomic E-state index is 13.1. The molecule has 0 atom stereocenters. The second kappa shape index (κ2) is 9.28. The standard InChI is InChI=1S/C21H24FN3O2/c22-19-5-3-4-18(12-19)21(27)24-14-20(26)23-13-16-6-8-17(9-7-16)15-25-10-1-2-11-25/h3-9,12H,1-2,10-11,13-15H2,(H,23,26)(H,24,27). The first kappa shape index (κ1) is 19.0. The predicted molar refractivity (Wildman–Crippen MR) is 102 cm³/mol. The van der Waals surface area contributed by atoms with Crippen LogP contribution in [-0.4, -0.2) is 36.3 Å². The number of amides is 2. The minimum Gasteiger partial charge on any atom is -0.350 e. The Morgan fingerprint density at radius 2 is 1.67 bits per heavy atom. The third-order valence-electron chi connectivity index (χ3n) is 4.61. The van der Waals surface area contributed by atoms with Crippen LogP contribution in [0.4, 0.5) is 4.39 Å². The van der Waals surface area contributed by atoms with E-state index >= 15 is 0 Å². The van der Waals surface area contributed by atoms with Gasteiger partial charge < -0.3 is 10.6 Å². The molecule has 2 N–H and O–H groups in total. The summed E-state index contributed by atoms with van der Waals surface area (Å²) in [6.07, 6.45) is 2.56. The van der Waals surface area contributed by atoms with E-state index in [1.54, 1.807) is 0 Å². The van der Waals surface area contributed by atoms with Gasteiger partial charge in [0.15, 0.2) is 0 Å². The maximum absolute atomic E-state index is 13.1. The Labute approximate surface area is 158 Å². The highest BCUT2D eigenvalue weighted by Gasteiger charge is 2.12. The van der Waals surface area contributed by atoms with Crippen LogP contribution in [-0.2, 0) is 17.9 Å². The van der Waals surface area contributed by atoms with Gasteiger partial charge >= 0.3 is 0 Å². The average Bonchev–Trinajstić information content (AvgIpc) is 3.18. The molecule has 0 aromatic heterocycles. The fourth-order valence-corrected chi connectivity index (χ4v) is 3.12. The largest absolute Gasteiger partial charge is 0.350 e. The van der Waals surface area contributed by atoms with Crippen LogP contribution >= 0.6 is 0 Å². The SMILES string of the molecule is O=C(CNC(=O)c1cccc(F)c1)NCc1ccc(CN2CCCC2)cc1. The first-order chi connectivity index (χ1) is 13.1. The van der Waals surface area contributed by atoms with Gasteiger partial charge in [0.1, 0.15) is 5.82 Å². The fraction of sp³-hybridized carbons (Fsp3) is 0.333. The van der Waals surface area contributed by atoms with Crippen molar-refractivity contribution >= 4 is 11.8 Å². The third kappa shape index (κ3) is 5.89. The molecule has 5 nitrogen and oxygen atoms in total. The highest BCUT2D eigenvalue weighted by atomic mass is 19.1. The molecule has 27 heavy (non-hydrogen) atoms. The Balaban J connectivity index is 1.40. The van der Waals surface area contributed by atoms with Gasteiger partial charge in [-0.05, 0) is 55.3 Å². The van der Waals surface area contributed by atoms with Gasteiger partial charge in [-0.15, -0.1) is 0 Å². The Kier molecular flexibility index (Phi) is 6.54. The number of nitrogens with zero attached hydrogens (tertiary/aromatic N) is 1. The Bertz CT molecular complexity index is 786. The van der Waals surface area contributed by atoms with Crippen LogP contribution in [0, 0.1) is 5.82 Å². The highest BCUT2D eigenvalue weighted by Crippen LogP contribution is 2.13. The fourth-order valence-electron chi connectivity index (χ4n) is 3.12. The molecule has 1 aliphatic rings. The summed E-state index contributed by atoms with van der Waals surface area (Å²) < 4.78 is 13.1. The van der Waals surface area contributed by atoms with Gasteiger partial charge in [-0.1, -0.05) is 30.3 Å². The summed E-state index contributed by atoms with van der Waals surface area (Å²) in [6.45, 7) is 3.55. The van der Waals surface area contributed by atoms with E-state index in [0.29, 0.717) is 6.54 Å². The Hall–Kier alpha value is -2.73. The topological polar surface area (TPSA) is 61.4 Å². The molecule has 2 aromatic carbocycles. The third-order valence-corrected chi connectivity index (χ3v) is 4.61. The predicted octanol–water partition coefficient (Wildman–Crippen LogP) is 2.47. The summed E-state index contributed by atoms with van der Waals surface area (Å²) in [4.78, 5) is 26.2. The van der Waals surface area contributed by atoms with E-state index in [-0.39, 0.29) is 18.0 Å². The zero-order valence-corrected chi connectivity index (χ0v) is 15.2. The van der Waals surface area contributed by atoms with Gasteiger partial charge in [-0.3, -0.25) is 14.5 Å².